The Hall–Kier alpha value is -2.10. The van der Waals surface area contributed by atoms with Gasteiger partial charge in [0.2, 0.25) is 0 Å². The second-order valence-corrected chi connectivity index (χ2v) is 4.81. The third kappa shape index (κ3) is 3.94. The third-order valence-corrected chi connectivity index (χ3v) is 3.23. The number of aromatic nitrogens is 1. The molecule has 1 aromatic rings. The van der Waals surface area contributed by atoms with Crippen molar-refractivity contribution in [2.45, 2.75) is 26.8 Å². The van der Waals surface area contributed by atoms with E-state index in [2.05, 4.69) is 21.8 Å². The number of hydrogen-bond donors (Lipinski definition) is 1. The number of nitrogens with one attached hydrogen (secondary N) is 1. The Balaban J connectivity index is 3.18. The van der Waals surface area contributed by atoms with Crippen molar-refractivity contribution in [1.29, 1.82) is 5.26 Å². The number of amides is 1. The monoisotopic (exact) mass is 291 g/mol. The summed E-state index contributed by atoms with van der Waals surface area (Å²) in [4.78, 5) is 16.2. The van der Waals surface area contributed by atoms with Gasteiger partial charge in [-0.1, -0.05) is 0 Å². The summed E-state index contributed by atoms with van der Waals surface area (Å²) in [5.74, 6) is -0.560. The van der Waals surface area contributed by atoms with Gasteiger partial charge in [-0.15, -0.1) is 0 Å². The fraction of sp³-hybridized carbons (Fsp3) is 0.467. The molecule has 21 heavy (non-hydrogen) atoms. The summed E-state index contributed by atoms with van der Waals surface area (Å²) in [6.07, 6.45) is 1.56. The molecule has 6 heteroatoms. The quantitative estimate of drug-likeness (QED) is 0.493. The first-order valence-corrected chi connectivity index (χ1v) is 6.58. The van der Waals surface area contributed by atoms with E-state index in [1.165, 1.54) is 7.11 Å². The molecule has 1 aromatic heterocycles. The van der Waals surface area contributed by atoms with Gasteiger partial charge in [0.15, 0.2) is 0 Å². The lowest BCUT2D eigenvalue weighted by Crippen LogP contribution is -2.22. The van der Waals surface area contributed by atoms with E-state index in [4.69, 9.17) is 10.00 Å². The van der Waals surface area contributed by atoms with Crippen LogP contribution in [0.4, 0.5) is 0 Å². The molecule has 1 heterocycles. The fourth-order valence-corrected chi connectivity index (χ4v) is 2.39. The molecule has 0 saturated carbocycles. The van der Waals surface area contributed by atoms with Gasteiger partial charge in [-0.25, -0.2) is 5.48 Å². The molecule has 0 aliphatic carbocycles. The maximum absolute atomic E-state index is 11.7. The molecule has 0 aliphatic heterocycles. The van der Waals surface area contributed by atoms with Crippen LogP contribution in [-0.4, -0.2) is 31.3 Å². The number of hydrogen-bond acceptors (Lipinski definition) is 4. The second kappa shape index (κ2) is 7.62. The van der Waals surface area contributed by atoms with Crippen LogP contribution in [-0.2, 0) is 14.4 Å². The molecule has 1 amide bonds. The summed E-state index contributed by atoms with van der Waals surface area (Å²) >= 11 is 0. The van der Waals surface area contributed by atoms with Gasteiger partial charge < -0.3 is 9.30 Å². The van der Waals surface area contributed by atoms with Gasteiger partial charge in [0.1, 0.15) is 11.6 Å². The molecular formula is C15H21N3O3. The number of nitrogens with zero attached hydrogens (tertiary/aromatic N) is 2. The molecular weight excluding hydrogens is 270 g/mol. The normalized spacial score (nSPS) is 12.9. The van der Waals surface area contributed by atoms with Crippen LogP contribution in [0, 0.1) is 25.2 Å². The lowest BCUT2D eigenvalue weighted by molar-refractivity contribution is -0.126. The Morgan fingerprint density at radius 1 is 1.52 bits per heavy atom. The maximum Gasteiger partial charge on any atom is 0.285 e. The first-order valence-electron chi connectivity index (χ1n) is 6.58. The predicted octanol–water partition coefficient (Wildman–Crippen LogP) is 1.90. The van der Waals surface area contributed by atoms with Crippen molar-refractivity contribution in [2.24, 2.45) is 0 Å². The molecule has 1 rings (SSSR count). The molecule has 6 nitrogen and oxygen atoms in total. The van der Waals surface area contributed by atoms with Crippen LogP contribution in [0.2, 0.25) is 0 Å². The summed E-state index contributed by atoms with van der Waals surface area (Å²) in [6.45, 7) is 6.58. The summed E-state index contributed by atoms with van der Waals surface area (Å²) < 4.78 is 7.30. The van der Waals surface area contributed by atoms with Crippen LogP contribution in [0.25, 0.3) is 6.08 Å². The van der Waals surface area contributed by atoms with Crippen LogP contribution < -0.4 is 5.48 Å². The molecule has 0 aromatic carbocycles. The molecule has 0 saturated heterocycles. The second-order valence-electron chi connectivity index (χ2n) is 4.81. The molecule has 0 radical (unpaired) electrons. The SMILES string of the molecule is COCC(C)n1c(C)cc(/C=C(\C#N)C(=O)NOC)c1C. The zero-order valence-corrected chi connectivity index (χ0v) is 13.1. The molecule has 1 N–H and O–H groups in total. The van der Waals surface area contributed by atoms with Crippen molar-refractivity contribution in [3.63, 3.8) is 0 Å². The van der Waals surface area contributed by atoms with Crippen LogP contribution >= 0.6 is 0 Å². The summed E-state index contributed by atoms with van der Waals surface area (Å²) in [7, 11) is 2.99. The highest BCUT2D eigenvalue weighted by Gasteiger charge is 2.15. The Kier molecular flexibility index (Phi) is 6.15. The Bertz CT molecular complexity index is 582. The van der Waals surface area contributed by atoms with Crippen LogP contribution in [0.3, 0.4) is 0 Å². The van der Waals surface area contributed by atoms with Gasteiger partial charge in [0, 0.05) is 18.5 Å². The van der Waals surface area contributed by atoms with Crippen molar-refractivity contribution in [3.05, 3.63) is 28.6 Å². The molecule has 1 atom stereocenters. The van der Waals surface area contributed by atoms with Crippen molar-refractivity contribution in [3.8, 4) is 6.07 Å². The van der Waals surface area contributed by atoms with E-state index in [1.54, 1.807) is 13.2 Å². The smallest absolute Gasteiger partial charge is 0.285 e. The van der Waals surface area contributed by atoms with Gasteiger partial charge in [-0.05, 0) is 38.5 Å². The standard InChI is InChI=1S/C15H21N3O3/c1-10-6-13(7-14(8-16)15(19)17-21-5)12(3)18(10)11(2)9-20-4/h6-7,11H,9H2,1-5H3,(H,17,19)/b14-7+. The van der Waals surface area contributed by atoms with Gasteiger partial charge in [-0.2, -0.15) is 5.26 Å². The van der Waals surface area contributed by atoms with Gasteiger partial charge in [0.25, 0.3) is 5.91 Å². The molecule has 0 spiro atoms. The maximum atomic E-state index is 11.7. The molecule has 0 fully saturated rings. The zero-order valence-electron chi connectivity index (χ0n) is 13.1. The van der Waals surface area contributed by atoms with E-state index in [1.807, 2.05) is 26.0 Å². The molecule has 0 aliphatic rings. The number of aryl methyl sites for hydroxylation is 1. The highest BCUT2D eigenvalue weighted by atomic mass is 16.6. The summed E-state index contributed by atoms with van der Waals surface area (Å²) in [5.41, 5.74) is 5.00. The number of carbonyl (C=O) groups is 1. The van der Waals surface area contributed by atoms with Crippen molar-refractivity contribution >= 4 is 12.0 Å². The minimum absolute atomic E-state index is 0.00325. The number of hydroxylamine groups is 1. The fourth-order valence-electron chi connectivity index (χ4n) is 2.39. The van der Waals surface area contributed by atoms with E-state index in [0.29, 0.717) is 6.61 Å². The largest absolute Gasteiger partial charge is 0.383 e. The van der Waals surface area contributed by atoms with Crippen molar-refractivity contribution in [2.75, 3.05) is 20.8 Å². The van der Waals surface area contributed by atoms with E-state index in [9.17, 15) is 4.79 Å². The summed E-state index contributed by atoms with van der Waals surface area (Å²) in [6, 6.07) is 4.00. The van der Waals surface area contributed by atoms with Crippen molar-refractivity contribution in [1.82, 2.24) is 10.0 Å². The van der Waals surface area contributed by atoms with Gasteiger partial charge in [0.05, 0.1) is 19.8 Å². The molecule has 1 unspecified atom stereocenters. The third-order valence-electron chi connectivity index (χ3n) is 3.23. The Labute approximate surface area is 124 Å². The van der Waals surface area contributed by atoms with E-state index in [0.717, 1.165) is 17.0 Å². The number of ether oxygens (including phenoxy) is 1. The van der Waals surface area contributed by atoms with E-state index >= 15 is 0 Å². The topological polar surface area (TPSA) is 76.3 Å². The highest BCUT2D eigenvalue weighted by Crippen LogP contribution is 2.22. The Morgan fingerprint density at radius 2 is 2.19 bits per heavy atom. The number of methoxy groups -OCH3 is 1. The first kappa shape index (κ1) is 17.0. The number of carbonyl (C=O) groups excluding carboxylic acids is 1. The lowest BCUT2D eigenvalue weighted by atomic mass is 10.1. The van der Waals surface area contributed by atoms with Crippen LogP contribution in [0.1, 0.15) is 29.9 Å². The average molecular weight is 291 g/mol. The minimum Gasteiger partial charge on any atom is -0.383 e. The zero-order chi connectivity index (χ0) is 16.0. The van der Waals surface area contributed by atoms with E-state index < -0.39 is 5.91 Å². The van der Waals surface area contributed by atoms with Crippen molar-refractivity contribution < 1.29 is 14.4 Å². The van der Waals surface area contributed by atoms with Crippen LogP contribution in [0.15, 0.2) is 11.6 Å². The number of rotatable bonds is 6. The predicted molar refractivity (Wildman–Crippen MR) is 79.2 cm³/mol. The van der Waals surface area contributed by atoms with Crippen LogP contribution in [0.5, 0.6) is 0 Å². The minimum atomic E-state index is -0.560. The molecule has 114 valence electrons. The number of nitriles is 1. The van der Waals surface area contributed by atoms with Gasteiger partial charge in [-0.3, -0.25) is 9.63 Å². The average Bonchev–Trinajstić information content (AvgIpc) is 2.71. The summed E-state index contributed by atoms with van der Waals surface area (Å²) in [5, 5.41) is 9.08. The lowest BCUT2D eigenvalue weighted by Gasteiger charge is -2.17. The first-order chi connectivity index (χ1) is 9.96. The van der Waals surface area contributed by atoms with E-state index in [-0.39, 0.29) is 11.6 Å². The Morgan fingerprint density at radius 3 is 2.71 bits per heavy atom. The van der Waals surface area contributed by atoms with Gasteiger partial charge >= 0.3 is 0 Å². The highest BCUT2D eigenvalue weighted by molar-refractivity contribution is 6.01. The molecule has 0 bridgehead atoms.